The Balaban J connectivity index is 1.31. The summed E-state index contributed by atoms with van der Waals surface area (Å²) in [4.78, 5) is 31.8. The molecule has 1 aromatic heterocycles. The van der Waals surface area contributed by atoms with Gasteiger partial charge in [-0.25, -0.2) is 13.9 Å². The minimum atomic E-state index is -0.556. The highest BCUT2D eigenvalue weighted by molar-refractivity contribution is 5.86. The maximum atomic E-state index is 13.9. The van der Waals surface area contributed by atoms with Crippen LogP contribution in [0.5, 0.6) is 0 Å². The van der Waals surface area contributed by atoms with E-state index in [0.29, 0.717) is 32.6 Å². The van der Waals surface area contributed by atoms with Gasteiger partial charge in [-0.3, -0.25) is 9.69 Å². The molecule has 1 amide bonds. The van der Waals surface area contributed by atoms with Crippen LogP contribution >= 0.6 is 0 Å². The van der Waals surface area contributed by atoms with Crippen molar-refractivity contribution in [2.24, 2.45) is 0 Å². The van der Waals surface area contributed by atoms with E-state index in [2.05, 4.69) is 32.2 Å². The molecule has 3 heterocycles. The van der Waals surface area contributed by atoms with E-state index in [1.807, 2.05) is 29.2 Å². The van der Waals surface area contributed by atoms with Gasteiger partial charge in [0.2, 0.25) is 5.91 Å². The summed E-state index contributed by atoms with van der Waals surface area (Å²) in [6, 6.07) is 16.1. The molecule has 0 aliphatic carbocycles. The Bertz CT molecular complexity index is 1210. The lowest BCUT2D eigenvalue weighted by Crippen LogP contribution is -2.53. The third kappa shape index (κ3) is 5.08. The van der Waals surface area contributed by atoms with Crippen LogP contribution in [0.1, 0.15) is 28.5 Å². The van der Waals surface area contributed by atoms with Gasteiger partial charge in [-0.2, -0.15) is 0 Å². The maximum absolute atomic E-state index is 13.9. The van der Waals surface area contributed by atoms with Gasteiger partial charge >= 0.3 is 5.97 Å². The van der Waals surface area contributed by atoms with Crippen LogP contribution < -0.4 is 4.90 Å². The molecule has 188 valence electrons. The summed E-state index contributed by atoms with van der Waals surface area (Å²) in [6.07, 6.45) is 2.08. The fourth-order valence-electron chi connectivity index (χ4n) is 5.06. The molecule has 2 aliphatic heterocycles. The number of para-hydroxylation sites is 1. The quantitative estimate of drug-likeness (QED) is 0.489. The molecule has 3 aromatic rings. The molecule has 9 nitrogen and oxygen atoms in total. The van der Waals surface area contributed by atoms with Crippen LogP contribution in [0.4, 0.5) is 10.1 Å². The Kier molecular flexibility index (Phi) is 6.95. The molecule has 36 heavy (non-hydrogen) atoms. The van der Waals surface area contributed by atoms with E-state index in [0.717, 1.165) is 24.3 Å². The highest BCUT2D eigenvalue weighted by Gasteiger charge is 2.40. The molecule has 5 rings (SSSR count). The number of benzene rings is 2. The van der Waals surface area contributed by atoms with Crippen LogP contribution in [0.15, 0.2) is 60.8 Å². The number of aromatic nitrogens is 3. The number of anilines is 1. The predicted octanol–water partition coefficient (Wildman–Crippen LogP) is 2.37. The number of halogens is 1. The fourth-order valence-corrected chi connectivity index (χ4v) is 5.06. The molecule has 0 N–H and O–H groups in total. The second-order valence-electron chi connectivity index (χ2n) is 9.19. The van der Waals surface area contributed by atoms with E-state index in [9.17, 15) is 14.0 Å². The third-order valence-electron chi connectivity index (χ3n) is 6.93. The van der Waals surface area contributed by atoms with Crippen molar-refractivity contribution in [2.45, 2.75) is 25.0 Å². The summed E-state index contributed by atoms with van der Waals surface area (Å²) >= 11 is 0. The van der Waals surface area contributed by atoms with Crippen LogP contribution in [0.3, 0.4) is 0 Å². The van der Waals surface area contributed by atoms with E-state index >= 15 is 0 Å². The van der Waals surface area contributed by atoms with E-state index < -0.39 is 5.97 Å². The lowest BCUT2D eigenvalue weighted by Gasteiger charge is -2.38. The lowest BCUT2D eigenvalue weighted by atomic mass is 10.1. The summed E-state index contributed by atoms with van der Waals surface area (Å²) in [5.74, 6) is -0.795. The SMILES string of the molecule is COC(=O)c1cn([C@@H]2C[C@@H](C(=O)N3CCN(c4ccccc4)CC3)N(Cc3cccc(F)c3)C2)nn1. The minimum Gasteiger partial charge on any atom is -0.464 e. The summed E-state index contributed by atoms with van der Waals surface area (Å²) in [6.45, 7) is 3.77. The van der Waals surface area contributed by atoms with Crippen molar-refractivity contribution >= 4 is 17.6 Å². The number of rotatable bonds is 6. The molecule has 2 aliphatic rings. The zero-order valence-corrected chi connectivity index (χ0v) is 20.2. The molecule has 2 fully saturated rings. The number of amides is 1. The molecule has 2 atom stereocenters. The monoisotopic (exact) mass is 492 g/mol. The maximum Gasteiger partial charge on any atom is 0.360 e. The Labute approximate surface area is 209 Å². The summed E-state index contributed by atoms with van der Waals surface area (Å²) in [7, 11) is 1.30. The molecule has 2 aromatic carbocycles. The Morgan fingerprint density at radius 2 is 1.83 bits per heavy atom. The second kappa shape index (κ2) is 10.4. The summed E-state index contributed by atoms with van der Waals surface area (Å²) in [5.41, 5.74) is 2.09. The number of hydrogen-bond acceptors (Lipinski definition) is 7. The lowest BCUT2D eigenvalue weighted by molar-refractivity contribution is -0.136. The second-order valence-corrected chi connectivity index (χ2v) is 9.19. The van der Waals surface area contributed by atoms with Crippen molar-refractivity contribution in [3.05, 3.63) is 77.9 Å². The van der Waals surface area contributed by atoms with Crippen molar-refractivity contribution in [3.8, 4) is 0 Å². The molecule has 0 radical (unpaired) electrons. The summed E-state index contributed by atoms with van der Waals surface area (Å²) < 4.78 is 20.2. The zero-order chi connectivity index (χ0) is 25.1. The zero-order valence-electron chi connectivity index (χ0n) is 20.2. The van der Waals surface area contributed by atoms with Gasteiger partial charge in [0.15, 0.2) is 5.69 Å². The van der Waals surface area contributed by atoms with Gasteiger partial charge in [-0.15, -0.1) is 5.10 Å². The van der Waals surface area contributed by atoms with Gasteiger partial charge < -0.3 is 14.5 Å². The minimum absolute atomic E-state index is 0.0647. The van der Waals surface area contributed by atoms with E-state index in [1.165, 1.54) is 19.2 Å². The van der Waals surface area contributed by atoms with Gasteiger partial charge in [0.25, 0.3) is 0 Å². The number of carbonyl (C=O) groups is 2. The van der Waals surface area contributed by atoms with Crippen molar-refractivity contribution in [3.63, 3.8) is 0 Å². The number of esters is 1. The first-order chi connectivity index (χ1) is 17.5. The van der Waals surface area contributed by atoms with Crippen molar-refractivity contribution in [1.29, 1.82) is 0 Å². The van der Waals surface area contributed by atoms with Crippen LogP contribution in [0, 0.1) is 5.82 Å². The molecule has 0 unspecified atom stereocenters. The summed E-state index contributed by atoms with van der Waals surface area (Å²) in [5, 5.41) is 8.04. The number of methoxy groups -OCH3 is 1. The topological polar surface area (TPSA) is 83.8 Å². The average molecular weight is 493 g/mol. The third-order valence-corrected chi connectivity index (χ3v) is 6.93. The van der Waals surface area contributed by atoms with E-state index in [-0.39, 0.29) is 29.5 Å². The first kappa shape index (κ1) is 23.9. The van der Waals surface area contributed by atoms with Crippen molar-refractivity contribution < 1.29 is 18.7 Å². The number of hydrogen-bond donors (Lipinski definition) is 0. The molecule has 2 saturated heterocycles. The fraction of sp³-hybridized carbons (Fsp3) is 0.385. The van der Waals surface area contributed by atoms with Gasteiger partial charge in [-0.1, -0.05) is 35.5 Å². The number of carbonyl (C=O) groups excluding carboxylic acids is 2. The number of ether oxygens (including phenoxy) is 1. The van der Waals surface area contributed by atoms with Crippen molar-refractivity contribution in [2.75, 3.05) is 44.7 Å². The average Bonchev–Trinajstić information content (AvgIpc) is 3.56. The molecule has 0 bridgehead atoms. The van der Waals surface area contributed by atoms with Crippen LogP contribution in [-0.4, -0.2) is 82.5 Å². The predicted molar refractivity (Wildman–Crippen MR) is 131 cm³/mol. The molecule has 0 spiro atoms. The van der Waals surface area contributed by atoms with Gasteiger partial charge in [-0.05, 0) is 36.2 Å². The molecular weight excluding hydrogens is 463 g/mol. The van der Waals surface area contributed by atoms with Crippen LogP contribution in [-0.2, 0) is 16.1 Å². The van der Waals surface area contributed by atoms with Crippen LogP contribution in [0.25, 0.3) is 0 Å². The van der Waals surface area contributed by atoms with Crippen LogP contribution in [0.2, 0.25) is 0 Å². The van der Waals surface area contributed by atoms with Crippen molar-refractivity contribution in [1.82, 2.24) is 24.8 Å². The molecule has 10 heteroatoms. The number of nitrogens with zero attached hydrogens (tertiary/aromatic N) is 6. The first-order valence-electron chi connectivity index (χ1n) is 12.1. The Morgan fingerprint density at radius 3 is 2.56 bits per heavy atom. The van der Waals surface area contributed by atoms with Gasteiger partial charge in [0.05, 0.1) is 25.4 Å². The van der Waals surface area contributed by atoms with E-state index in [4.69, 9.17) is 4.74 Å². The smallest absolute Gasteiger partial charge is 0.360 e. The number of piperazine rings is 1. The Morgan fingerprint density at radius 1 is 1.06 bits per heavy atom. The normalized spacial score (nSPS) is 20.5. The Hall–Kier alpha value is -3.79. The standard InChI is InChI=1S/C26H29FN6O3/c1-36-26(35)23-18-33(29-28-23)22-15-24(32(17-22)16-19-6-5-7-20(27)14-19)25(34)31-12-10-30(11-13-31)21-8-3-2-4-9-21/h2-9,14,18,22,24H,10-13,15-17H2,1H3/t22-,24+/m1/s1. The molecule has 0 saturated carbocycles. The molecular formula is C26H29FN6O3. The van der Waals surface area contributed by atoms with E-state index in [1.54, 1.807) is 16.9 Å². The van der Waals surface area contributed by atoms with Gasteiger partial charge in [0.1, 0.15) is 5.82 Å². The first-order valence-corrected chi connectivity index (χ1v) is 12.1. The highest BCUT2D eigenvalue weighted by atomic mass is 19.1. The largest absolute Gasteiger partial charge is 0.464 e. The highest BCUT2D eigenvalue weighted by Crippen LogP contribution is 2.30. The number of likely N-dealkylation sites (tertiary alicyclic amines) is 1. The van der Waals surface area contributed by atoms with Gasteiger partial charge in [0, 0.05) is 45.0 Å².